The molecule has 1 unspecified atom stereocenters. The first-order chi connectivity index (χ1) is 10.1. The number of guanidine groups is 1. The first-order valence-corrected chi connectivity index (χ1v) is 9.58. The van der Waals surface area contributed by atoms with Gasteiger partial charge < -0.3 is 10.2 Å². The molecule has 1 atom stereocenters. The van der Waals surface area contributed by atoms with Gasteiger partial charge in [0.25, 0.3) is 0 Å². The fraction of sp³-hybridized carbons (Fsp3) is 0.733. The normalized spacial score (nSPS) is 19.9. The van der Waals surface area contributed by atoms with E-state index < -0.39 is 0 Å². The molecule has 4 nitrogen and oxygen atoms in total. The second kappa shape index (κ2) is 8.03. The largest absolute Gasteiger partial charge is 0.357 e. The second-order valence-corrected chi connectivity index (χ2v) is 7.96. The number of hydrogen-bond donors (Lipinski definition) is 1. The van der Waals surface area contributed by atoms with E-state index in [-0.39, 0.29) is 0 Å². The molecule has 0 aliphatic carbocycles. The topological polar surface area (TPSA) is 40.5 Å². The smallest absolute Gasteiger partial charge is 0.194 e. The molecule has 1 aromatic heterocycles. The number of aryl methyl sites for hydroxylation is 2. The van der Waals surface area contributed by atoms with Crippen molar-refractivity contribution in [2.45, 2.75) is 45.9 Å². The van der Waals surface area contributed by atoms with Crippen molar-refractivity contribution < 1.29 is 0 Å². The lowest BCUT2D eigenvalue weighted by Gasteiger charge is -2.34. The standard InChI is InChI=1S/C15H26N4S2/c1-5-13-10-19(7-8-20-13)15(16-6-2)17-9-14-18-11(3)12(4)21-14/h13H,5-10H2,1-4H3,(H,16,17). The predicted octanol–water partition coefficient (Wildman–Crippen LogP) is 3.05. The van der Waals surface area contributed by atoms with Crippen LogP contribution < -0.4 is 5.32 Å². The first-order valence-electron chi connectivity index (χ1n) is 7.71. The number of rotatable bonds is 4. The molecule has 2 heterocycles. The van der Waals surface area contributed by atoms with Gasteiger partial charge in [-0.1, -0.05) is 6.92 Å². The van der Waals surface area contributed by atoms with Crippen LogP contribution in [0.15, 0.2) is 4.99 Å². The summed E-state index contributed by atoms with van der Waals surface area (Å²) >= 11 is 3.84. The molecular weight excluding hydrogens is 300 g/mol. The van der Waals surface area contributed by atoms with Gasteiger partial charge in [-0.15, -0.1) is 11.3 Å². The van der Waals surface area contributed by atoms with Crippen LogP contribution in [0.3, 0.4) is 0 Å². The molecule has 1 N–H and O–H groups in total. The Kier molecular flexibility index (Phi) is 6.36. The zero-order valence-corrected chi connectivity index (χ0v) is 15.1. The molecule has 21 heavy (non-hydrogen) atoms. The first kappa shape index (κ1) is 16.6. The minimum absolute atomic E-state index is 0.683. The van der Waals surface area contributed by atoms with Gasteiger partial charge in [0.1, 0.15) is 5.01 Å². The summed E-state index contributed by atoms with van der Waals surface area (Å²) in [7, 11) is 0. The minimum Gasteiger partial charge on any atom is -0.357 e. The van der Waals surface area contributed by atoms with Crippen LogP contribution in [-0.2, 0) is 6.54 Å². The Morgan fingerprint density at radius 3 is 2.86 bits per heavy atom. The van der Waals surface area contributed by atoms with Crippen molar-refractivity contribution >= 4 is 29.1 Å². The summed E-state index contributed by atoms with van der Waals surface area (Å²) in [4.78, 5) is 13.1. The maximum Gasteiger partial charge on any atom is 0.194 e. The van der Waals surface area contributed by atoms with Crippen molar-refractivity contribution in [2.24, 2.45) is 4.99 Å². The van der Waals surface area contributed by atoms with Crippen molar-refractivity contribution in [2.75, 3.05) is 25.4 Å². The molecule has 0 bridgehead atoms. The Bertz CT molecular complexity index is 465. The van der Waals surface area contributed by atoms with Gasteiger partial charge in [-0.3, -0.25) is 0 Å². The molecule has 1 aromatic rings. The van der Waals surface area contributed by atoms with E-state index in [2.05, 4.69) is 54.7 Å². The lowest BCUT2D eigenvalue weighted by molar-refractivity contribution is 0.408. The lowest BCUT2D eigenvalue weighted by Crippen LogP contribution is -2.48. The summed E-state index contributed by atoms with van der Waals surface area (Å²) < 4.78 is 0. The van der Waals surface area contributed by atoms with Crippen molar-refractivity contribution in [1.82, 2.24) is 15.2 Å². The van der Waals surface area contributed by atoms with Gasteiger partial charge in [-0.2, -0.15) is 11.8 Å². The molecule has 6 heteroatoms. The minimum atomic E-state index is 0.683. The van der Waals surface area contributed by atoms with Crippen LogP contribution in [0.2, 0.25) is 0 Å². The molecule has 0 amide bonds. The molecule has 2 rings (SSSR count). The van der Waals surface area contributed by atoms with Crippen LogP contribution in [-0.4, -0.2) is 46.5 Å². The average molecular weight is 327 g/mol. The van der Waals surface area contributed by atoms with E-state index in [4.69, 9.17) is 4.99 Å². The Hall–Kier alpha value is -0.750. The maximum atomic E-state index is 4.80. The van der Waals surface area contributed by atoms with Crippen molar-refractivity contribution in [3.05, 3.63) is 15.6 Å². The highest BCUT2D eigenvalue weighted by molar-refractivity contribution is 8.00. The number of aliphatic imine (C=N–C) groups is 1. The van der Waals surface area contributed by atoms with Gasteiger partial charge >= 0.3 is 0 Å². The Balaban J connectivity index is 2.04. The summed E-state index contributed by atoms with van der Waals surface area (Å²) in [5, 5.41) is 5.27. The van der Waals surface area contributed by atoms with Crippen molar-refractivity contribution in [1.29, 1.82) is 0 Å². The van der Waals surface area contributed by atoms with Gasteiger partial charge in [-0.05, 0) is 27.2 Å². The predicted molar refractivity (Wildman–Crippen MR) is 94.5 cm³/mol. The monoisotopic (exact) mass is 326 g/mol. The zero-order chi connectivity index (χ0) is 15.2. The highest BCUT2D eigenvalue weighted by Gasteiger charge is 2.21. The molecule has 0 radical (unpaired) electrons. The highest BCUT2D eigenvalue weighted by atomic mass is 32.2. The molecule has 1 saturated heterocycles. The number of thioether (sulfide) groups is 1. The molecule has 0 aromatic carbocycles. The summed E-state index contributed by atoms with van der Waals surface area (Å²) in [6.45, 7) is 12.4. The number of hydrogen-bond acceptors (Lipinski definition) is 4. The van der Waals surface area contributed by atoms with Crippen LogP contribution in [0.4, 0.5) is 0 Å². The van der Waals surface area contributed by atoms with E-state index in [0.717, 1.165) is 41.5 Å². The van der Waals surface area contributed by atoms with Crippen LogP contribution in [0, 0.1) is 13.8 Å². The van der Waals surface area contributed by atoms with E-state index >= 15 is 0 Å². The third kappa shape index (κ3) is 4.61. The molecule has 1 fully saturated rings. The quantitative estimate of drug-likeness (QED) is 0.682. The van der Waals surface area contributed by atoms with E-state index in [1.807, 2.05) is 0 Å². The van der Waals surface area contributed by atoms with E-state index in [9.17, 15) is 0 Å². The van der Waals surface area contributed by atoms with E-state index in [1.54, 1.807) is 11.3 Å². The summed E-state index contributed by atoms with van der Waals surface area (Å²) in [5.41, 5.74) is 1.13. The van der Waals surface area contributed by atoms with Gasteiger partial charge in [0.15, 0.2) is 5.96 Å². The van der Waals surface area contributed by atoms with Gasteiger partial charge in [-0.25, -0.2) is 9.98 Å². The summed E-state index contributed by atoms with van der Waals surface area (Å²) in [6.07, 6.45) is 1.23. The van der Waals surface area contributed by atoms with Crippen molar-refractivity contribution in [3.63, 3.8) is 0 Å². The van der Waals surface area contributed by atoms with Crippen molar-refractivity contribution in [3.8, 4) is 0 Å². The van der Waals surface area contributed by atoms with E-state index in [0.29, 0.717) is 6.54 Å². The Labute approximate surface area is 136 Å². The van der Waals surface area contributed by atoms with Crippen LogP contribution in [0.25, 0.3) is 0 Å². The van der Waals surface area contributed by atoms with E-state index in [1.165, 1.54) is 17.1 Å². The molecule has 1 aliphatic rings. The SMILES string of the molecule is CCNC(=NCc1nc(C)c(C)s1)N1CCSC(CC)C1. The maximum absolute atomic E-state index is 4.80. The Morgan fingerprint density at radius 2 is 2.24 bits per heavy atom. The lowest BCUT2D eigenvalue weighted by atomic mass is 10.3. The van der Waals surface area contributed by atoms with Gasteiger partial charge in [0.2, 0.25) is 0 Å². The molecule has 118 valence electrons. The van der Waals surface area contributed by atoms with Crippen LogP contribution in [0.1, 0.15) is 35.8 Å². The fourth-order valence-electron chi connectivity index (χ4n) is 2.33. The van der Waals surface area contributed by atoms with Crippen LogP contribution >= 0.6 is 23.1 Å². The molecule has 0 spiro atoms. The fourth-order valence-corrected chi connectivity index (χ4v) is 4.37. The Morgan fingerprint density at radius 1 is 1.43 bits per heavy atom. The van der Waals surface area contributed by atoms with Crippen LogP contribution in [0.5, 0.6) is 0 Å². The molecular formula is C15H26N4S2. The second-order valence-electron chi connectivity index (χ2n) is 5.27. The van der Waals surface area contributed by atoms with Gasteiger partial charge in [0.05, 0.1) is 12.2 Å². The summed E-state index contributed by atoms with van der Waals surface area (Å²) in [5.74, 6) is 2.24. The highest BCUT2D eigenvalue weighted by Crippen LogP contribution is 2.21. The third-order valence-corrected chi connectivity index (χ3v) is 6.10. The third-order valence-electron chi connectivity index (χ3n) is 3.67. The zero-order valence-electron chi connectivity index (χ0n) is 13.5. The summed E-state index contributed by atoms with van der Waals surface area (Å²) in [6, 6.07) is 0. The number of nitrogens with one attached hydrogen (secondary N) is 1. The number of aromatic nitrogens is 1. The van der Waals surface area contributed by atoms with Gasteiger partial charge in [0, 0.05) is 35.5 Å². The number of nitrogens with zero attached hydrogens (tertiary/aromatic N) is 3. The average Bonchev–Trinajstić information content (AvgIpc) is 2.82. The number of thiazole rings is 1. The molecule has 1 aliphatic heterocycles. The molecule has 0 saturated carbocycles.